The lowest BCUT2D eigenvalue weighted by Crippen LogP contribution is -2.21. The third-order valence-corrected chi connectivity index (χ3v) is 3.42. The van der Waals surface area contributed by atoms with E-state index in [0.29, 0.717) is 0 Å². The standard InChI is InChI=1S/C16H25NO/c1-5-6-7-9-14(4)16(18)17-15-12(2)10-8-11-13(15)3/h8,10-11,14H,5-7,9H2,1-4H3,(H,17,18). The number of nitrogens with one attached hydrogen (secondary N) is 1. The smallest absolute Gasteiger partial charge is 0.227 e. The molecule has 0 aliphatic heterocycles. The molecular formula is C16H25NO. The van der Waals surface area contributed by atoms with Crippen LogP contribution in [0.5, 0.6) is 0 Å². The number of anilines is 1. The molecule has 0 saturated carbocycles. The van der Waals surface area contributed by atoms with Gasteiger partial charge in [-0.2, -0.15) is 0 Å². The molecule has 1 atom stereocenters. The van der Waals surface area contributed by atoms with Gasteiger partial charge < -0.3 is 5.32 Å². The van der Waals surface area contributed by atoms with Gasteiger partial charge in [-0.05, 0) is 31.4 Å². The maximum absolute atomic E-state index is 12.1. The van der Waals surface area contributed by atoms with Gasteiger partial charge in [-0.25, -0.2) is 0 Å². The Bertz CT molecular complexity index is 378. The van der Waals surface area contributed by atoms with E-state index in [4.69, 9.17) is 0 Å². The minimum Gasteiger partial charge on any atom is -0.325 e. The topological polar surface area (TPSA) is 29.1 Å². The van der Waals surface area contributed by atoms with Crippen molar-refractivity contribution in [1.29, 1.82) is 0 Å². The van der Waals surface area contributed by atoms with Crippen LogP contribution in [-0.2, 0) is 4.79 Å². The van der Waals surface area contributed by atoms with Gasteiger partial charge in [0.1, 0.15) is 0 Å². The highest BCUT2D eigenvalue weighted by Crippen LogP contribution is 2.21. The molecule has 0 fully saturated rings. The Kier molecular flexibility index (Phi) is 5.90. The van der Waals surface area contributed by atoms with E-state index in [9.17, 15) is 4.79 Å². The molecular weight excluding hydrogens is 222 g/mol. The van der Waals surface area contributed by atoms with E-state index in [1.165, 1.54) is 12.8 Å². The maximum Gasteiger partial charge on any atom is 0.227 e. The van der Waals surface area contributed by atoms with Crippen LogP contribution in [0.15, 0.2) is 18.2 Å². The second-order valence-corrected chi connectivity index (χ2v) is 5.15. The normalized spacial score (nSPS) is 12.2. The fourth-order valence-electron chi connectivity index (χ4n) is 2.09. The molecule has 0 spiro atoms. The predicted molar refractivity (Wildman–Crippen MR) is 77.9 cm³/mol. The van der Waals surface area contributed by atoms with Crippen LogP contribution >= 0.6 is 0 Å². The first-order valence-corrected chi connectivity index (χ1v) is 6.93. The second-order valence-electron chi connectivity index (χ2n) is 5.15. The molecule has 1 N–H and O–H groups in total. The van der Waals surface area contributed by atoms with Crippen LogP contribution in [0.4, 0.5) is 5.69 Å². The number of benzene rings is 1. The van der Waals surface area contributed by atoms with E-state index in [0.717, 1.165) is 29.7 Å². The lowest BCUT2D eigenvalue weighted by Gasteiger charge is -2.15. The third kappa shape index (κ3) is 4.17. The molecule has 2 nitrogen and oxygen atoms in total. The van der Waals surface area contributed by atoms with Crippen LogP contribution < -0.4 is 5.32 Å². The number of carbonyl (C=O) groups excluding carboxylic acids is 1. The summed E-state index contributed by atoms with van der Waals surface area (Å²) in [7, 11) is 0. The van der Waals surface area contributed by atoms with Gasteiger partial charge in [0.15, 0.2) is 0 Å². The Balaban J connectivity index is 2.58. The molecule has 0 radical (unpaired) electrons. The first-order valence-electron chi connectivity index (χ1n) is 6.93. The first-order chi connectivity index (χ1) is 8.56. The average Bonchev–Trinajstić information content (AvgIpc) is 2.34. The Morgan fingerprint density at radius 1 is 1.22 bits per heavy atom. The quantitative estimate of drug-likeness (QED) is 0.739. The Hall–Kier alpha value is -1.31. The molecule has 0 aliphatic carbocycles. The first kappa shape index (κ1) is 14.7. The van der Waals surface area contributed by atoms with Crippen molar-refractivity contribution in [3.05, 3.63) is 29.3 Å². The fraction of sp³-hybridized carbons (Fsp3) is 0.562. The lowest BCUT2D eigenvalue weighted by atomic mass is 10.0. The highest BCUT2D eigenvalue weighted by molar-refractivity contribution is 5.93. The lowest BCUT2D eigenvalue weighted by molar-refractivity contribution is -0.119. The maximum atomic E-state index is 12.1. The van der Waals surface area contributed by atoms with Gasteiger partial charge in [-0.15, -0.1) is 0 Å². The minimum atomic E-state index is 0.0931. The molecule has 1 rings (SSSR count). The van der Waals surface area contributed by atoms with E-state index in [-0.39, 0.29) is 11.8 Å². The van der Waals surface area contributed by atoms with Gasteiger partial charge in [0.2, 0.25) is 5.91 Å². The summed E-state index contributed by atoms with van der Waals surface area (Å²) in [5.41, 5.74) is 3.23. The molecule has 0 aromatic heterocycles. The number of unbranched alkanes of at least 4 members (excludes halogenated alkanes) is 2. The average molecular weight is 247 g/mol. The number of hydrogen-bond donors (Lipinski definition) is 1. The minimum absolute atomic E-state index is 0.0931. The molecule has 18 heavy (non-hydrogen) atoms. The summed E-state index contributed by atoms with van der Waals surface area (Å²) in [4.78, 5) is 12.1. The van der Waals surface area contributed by atoms with Crippen LogP contribution in [0.3, 0.4) is 0 Å². The SMILES string of the molecule is CCCCCC(C)C(=O)Nc1c(C)cccc1C. The van der Waals surface area contributed by atoms with Crippen LogP contribution in [0, 0.1) is 19.8 Å². The van der Waals surface area contributed by atoms with Gasteiger partial charge in [-0.3, -0.25) is 4.79 Å². The molecule has 0 heterocycles. The number of amides is 1. The molecule has 1 unspecified atom stereocenters. The molecule has 0 saturated heterocycles. The van der Waals surface area contributed by atoms with E-state index in [2.05, 4.69) is 12.2 Å². The van der Waals surface area contributed by atoms with Crippen molar-refractivity contribution in [3.8, 4) is 0 Å². The number of para-hydroxylation sites is 1. The summed E-state index contributed by atoms with van der Waals surface area (Å²) in [6.07, 6.45) is 4.52. The molecule has 100 valence electrons. The van der Waals surface area contributed by atoms with Gasteiger partial charge in [0, 0.05) is 11.6 Å². The van der Waals surface area contributed by atoms with Crippen molar-refractivity contribution in [1.82, 2.24) is 0 Å². The zero-order valence-corrected chi connectivity index (χ0v) is 12.0. The van der Waals surface area contributed by atoms with Crippen molar-refractivity contribution >= 4 is 11.6 Å². The monoisotopic (exact) mass is 247 g/mol. The highest BCUT2D eigenvalue weighted by Gasteiger charge is 2.14. The second kappa shape index (κ2) is 7.20. The van der Waals surface area contributed by atoms with Gasteiger partial charge in [0.05, 0.1) is 0 Å². The van der Waals surface area contributed by atoms with Crippen molar-refractivity contribution in [2.75, 3.05) is 5.32 Å². The Labute approximate surface area is 111 Å². The summed E-state index contributed by atoms with van der Waals surface area (Å²) in [6, 6.07) is 6.08. The van der Waals surface area contributed by atoms with Crippen molar-refractivity contribution < 1.29 is 4.79 Å². The highest BCUT2D eigenvalue weighted by atomic mass is 16.1. The molecule has 2 heteroatoms. The van der Waals surface area contributed by atoms with Crippen LogP contribution in [0.25, 0.3) is 0 Å². The van der Waals surface area contributed by atoms with Crippen molar-refractivity contribution in [2.24, 2.45) is 5.92 Å². The van der Waals surface area contributed by atoms with Crippen molar-refractivity contribution in [2.45, 2.75) is 53.4 Å². The molecule has 1 aromatic rings. The summed E-state index contributed by atoms with van der Waals surface area (Å²) >= 11 is 0. The van der Waals surface area contributed by atoms with Crippen molar-refractivity contribution in [3.63, 3.8) is 0 Å². The van der Waals surface area contributed by atoms with E-state index < -0.39 is 0 Å². The number of rotatable bonds is 6. The fourth-order valence-corrected chi connectivity index (χ4v) is 2.09. The van der Waals surface area contributed by atoms with Gasteiger partial charge in [0.25, 0.3) is 0 Å². The Morgan fingerprint density at radius 2 is 1.83 bits per heavy atom. The zero-order chi connectivity index (χ0) is 13.5. The molecule has 0 bridgehead atoms. The molecule has 0 aliphatic rings. The van der Waals surface area contributed by atoms with Crippen LogP contribution in [0.2, 0.25) is 0 Å². The van der Waals surface area contributed by atoms with E-state index in [1.807, 2.05) is 39.0 Å². The number of hydrogen-bond acceptors (Lipinski definition) is 1. The van der Waals surface area contributed by atoms with E-state index >= 15 is 0 Å². The van der Waals surface area contributed by atoms with Gasteiger partial charge >= 0.3 is 0 Å². The largest absolute Gasteiger partial charge is 0.325 e. The Morgan fingerprint density at radius 3 is 2.39 bits per heavy atom. The summed E-state index contributed by atoms with van der Waals surface area (Å²) < 4.78 is 0. The number of carbonyl (C=O) groups is 1. The summed E-state index contributed by atoms with van der Waals surface area (Å²) in [5.74, 6) is 0.235. The van der Waals surface area contributed by atoms with E-state index in [1.54, 1.807) is 0 Å². The summed E-state index contributed by atoms with van der Waals surface area (Å²) in [5, 5.41) is 3.07. The molecule has 1 aromatic carbocycles. The summed E-state index contributed by atoms with van der Waals surface area (Å²) in [6.45, 7) is 8.26. The predicted octanol–water partition coefficient (Wildman–Crippen LogP) is 4.46. The third-order valence-electron chi connectivity index (χ3n) is 3.42. The van der Waals surface area contributed by atoms with Crippen LogP contribution in [-0.4, -0.2) is 5.91 Å². The zero-order valence-electron chi connectivity index (χ0n) is 12.0. The molecule has 1 amide bonds. The number of aryl methyl sites for hydroxylation is 2. The van der Waals surface area contributed by atoms with Crippen LogP contribution in [0.1, 0.15) is 50.7 Å². The van der Waals surface area contributed by atoms with Gasteiger partial charge in [-0.1, -0.05) is 51.3 Å².